The Morgan fingerprint density at radius 3 is 2.47 bits per heavy atom. The minimum absolute atomic E-state index is 0.0497. The number of carbonyl (C=O) groups excluding carboxylic acids is 3. The van der Waals surface area contributed by atoms with Crippen LogP contribution in [0.1, 0.15) is 48.5 Å². The third-order valence-electron chi connectivity index (χ3n) is 7.02. The molecule has 34 heavy (non-hydrogen) atoms. The van der Waals surface area contributed by atoms with E-state index in [2.05, 4.69) is 5.32 Å². The van der Waals surface area contributed by atoms with Gasteiger partial charge in [0.25, 0.3) is 5.91 Å². The van der Waals surface area contributed by atoms with Crippen molar-refractivity contribution >= 4 is 17.8 Å². The van der Waals surface area contributed by atoms with E-state index in [0.29, 0.717) is 30.9 Å². The number of likely N-dealkylation sites (N-methyl/N-ethyl adjacent to an activating group) is 1. The molecule has 0 aromatic heterocycles. The van der Waals surface area contributed by atoms with Crippen LogP contribution in [0.25, 0.3) is 0 Å². The number of hydrogen-bond acceptors (Lipinski definition) is 3. The number of urea groups is 1. The standard InChI is InChI=1S/C27H30N4O3/c1-3-30-21-17-31(24(19-11-5-4-6-12-19)26(33)29-14-7-8-15-29)25(32)22(21)23(28-27(30)34)20-13-9-10-18(2)16-20/h4-6,9-13,16,23-24H,3,7-8,14-15,17H2,1-2H3,(H,28,34). The van der Waals surface area contributed by atoms with E-state index in [0.717, 1.165) is 29.5 Å². The van der Waals surface area contributed by atoms with E-state index in [1.165, 1.54) is 0 Å². The predicted octanol–water partition coefficient (Wildman–Crippen LogP) is 3.54. The molecule has 0 radical (unpaired) electrons. The van der Waals surface area contributed by atoms with Crippen LogP contribution < -0.4 is 5.32 Å². The third kappa shape index (κ3) is 3.75. The second-order valence-corrected chi connectivity index (χ2v) is 9.18. The minimum atomic E-state index is -0.718. The lowest BCUT2D eigenvalue weighted by molar-refractivity contribution is -0.142. The van der Waals surface area contributed by atoms with Gasteiger partial charge in [0.1, 0.15) is 6.04 Å². The van der Waals surface area contributed by atoms with Gasteiger partial charge in [-0.2, -0.15) is 0 Å². The lowest BCUT2D eigenvalue weighted by Gasteiger charge is -2.33. The normalized spacial score (nSPS) is 21.1. The van der Waals surface area contributed by atoms with Gasteiger partial charge < -0.3 is 15.1 Å². The summed E-state index contributed by atoms with van der Waals surface area (Å²) in [6.45, 7) is 5.99. The molecule has 7 nitrogen and oxygen atoms in total. The number of amides is 4. The molecule has 0 spiro atoms. The van der Waals surface area contributed by atoms with Crippen molar-refractivity contribution in [3.8, 4) is 0 Å². The van der Waals surface area contributed by atoms with Gasteiger partial charge in [-0.1, -0.05) is 60.2 Å². The zero-order chi connectivity index (χ0) is 23.8. The summed E-state index contributed by atoms with van der Waals surface area (Å²) in [6, 6.07) is 15.9. The van der Waals surface area contributed by atoms with Gasteiger partial charge in [0.15, 0.2) is 0 Å². The van der Waals surface area contributed by atoms with Crippen molar-refractivity contribution in [3.63, 3.8) is 0 Å². The molecule has 0 bridgehead atoms. The fourth-order valence-corrected chi connectivity index (χ4v) is 5.36. The third-order valence-corrected chi connectivity index (χ3v) is 7.02. The van der Waals surface area contributed by atoms with Gasteiger partial charge in [-0.05, 0) is 37.8 Å². The number of rotatable bonds is 5. The summed E-state index contributed by atoms with van der Waals surface area (Å²) in [7, 11) is 0. The molecule has 176 valence electrons. The van der Waals surface area contributed by atoms with Gasteiger partial charge >= 0.3 is 6.03 Å². The van der Waals surface area contributed by atoms with Crippen LogP contribution in [0.4, 0.5) is 4.79 Å². The maximum absolute atomic E-state index is 14.0. The summed E-state index contributed by atoms with van der Waals surface area (Å²) in [4.78, 5) is 45.9. The molecule has 1 fully saturated rings. The van der Waals surface area contributed by atoms with E-state index < -0.39 is 12.1 Å². The van der Waals surface area contributed by atoms with E-state index in [9.17, 15) is 14.4 Å². The molecule has 7 heteroatoms. The molecule has 0 aliphatic carbocycles. The Morgan fingerprint density at radius 1 is 1.06 bits per heavy atom. The zero-order valence-corrected chi connectivity index (χ0v) is 19.7. The summed E-state index contributed by atoms with van der Waals surface area (Å²) in [5, 5.41) is 3.03. The van der Waals surface area contributed by atoms with E-state index in [1.54, 1.807) is 9.80 Å². The Bertz CT molecular complexity index is 1150. The number of nitrogens with one attached hydrogen (secondary N) is 1. The van der Waals surface area contributed by atoms with Gasteiger partial charge in [0.05, 0.1) is 23.9 Å². The lowest BCUT2D eigenvalue weighted by atomic mass is 9.94. The molecule has 2 unspecified atom stereocenters. The smallest absolute Gasteiger partial charge is 0.322 e. The van der Waals surface area contributed by atoms with Gasteiger partial charge in [0, 0.05) is 19.6 Å². The highest BCUT2D eigenvalue weighted by Crippen LogP contribution is 2.40. The van der Waals surface area contributed by atoms with Crippen LogP contribution in [0.3, 0.4) is 0 Å². The average Bonchev–Trinajstić information content (AvgIpc) is 3.49. The fraction of sp³-hybridized carbons (Fsp3) is 0.370. The summed E-state index contributed by atoms with van der Waals surface area (Å²) < 4.78 is 0. The summed E-state index contributed by atoms with van der Waals surface area (Å²) >= 11 is 0. The van der Waals surface area contributed by atoms with E-state index in [4.69, 9.17) is 0 Å². The first-order valence-electron chi connectivity index (χ1n) is 12.0. The average molecular weight is 459 g/mol. The van der Waals surface area contributed by atoms with E-state index in [-0.39, 0.29) is 24.4 Å². The topological polar surface area (TPSA) is 73.0 Å². The van der Waals surface area contributed by atoms with Gasteiger partial charge in [0.2, 0.25) is 5.91 Å². The van der Waals surface area contributed by atoms with E-state index in [1.807, 2.05) is 73.3 Å². The quantitative estimate of drug-likeness (QED) is 0.745. The van der Waals surface area contributed by atoms with Gasteiger partial charge in [-0.15, -0.1) is 0 Å². The predicted molar refractivity (Wildman–Crippen MR) is 129 cm³/mol. The van der Waals surface area contributed by atoms with Gasteiger partial charge in [-0.3, -0.25) is 14.5 Å². The van der Waals surface area contributed by atoms with Crippen molar-refractivity contribution in [1.82, 2.24) is 20.0 Å². The molecule has 0 saturated carbocycles. The Hall–Kier alpha value is -3.61. The number of carbonyl (C=O) groups is 3. The number of benzene rings is 2. The Labute approximate surface area is 200 Å². The SMILES string of the molecule is CCN1C(=O)NC(c2cccc(C)c2)C2=C1CN(C(C(=O)N1CCCC1)c1ccccc1)C2=O. The van der Waals surface area contributed by atoms with Crippen molar-refractivity contribution in [3.05, 3.63) is 82.6 Å². The summed E-state index contributed by atoms with van der Waals surface area (Å²) in [5.41, 5.74) is 3.97. The Morgan fingerprint density at radius 2 is 1.79 bits per heavy atom. The number of aryl methyl sites for hydroxylation is 1. The second-order valence-electron chi connectivity index (χ2n) is 9.18. The van der Waals surface area contributed by atoms with Crippen LogP contribution >= 0.6 is 0 Å². The van der Waals surface area contributed by atoms with Crippen molar-refractivity contribution in [1.29, 1.82) is 0 Å². The molecule has 3 heterocycles. The molecular formula is C27H30N4O3. The largest absolute Gasteiger partial charge is 0.341 e. The molecule has 1 saturated heterocycles. The van der Waals surface area contributed by atoms with Crippen molar-refractivity contribution < 1.29 is 14.4 Å². The Balaban J connectivity index is 1.57. The molecule has 1 N–H and O–H groups in total. The monoisotopic (exact) mass is 458 g/mol. The molecule has 3 aliphatic rings. The first kappa shape index (κ1) is 22.2. The molecule has 2 aromatic carbocycles. The number of hydrogen-bond donors (Lipinski definition) is 1. The fourth-order valence-electron chi connectivity index (χ4n) is 5.36. The van der Waals surface area contributed by atoms with Crippen molar-refractivity contribution in [2.75, 3.05) is 26.2 Å². The molecule has 2 aromatic rings. The van der Waals surface area contributed by atoms with Crippen LogP contribution in [-0.2, 0) is 9.59 Å². The van der Waals surface area contributed by atoms with Gasteiger partial charge in [-0.25, -0.2) is 4.79 Å². The number of nitrogens with zero attached hydrogens (tertiary/aromatic N) is 3. The first-order valence-corrected chi connectivity index (χ1v) is 12.0. The highest BCUT2D eigenvalue weighted by molar-refractivity contribution is 6.03. The highest BCUT2D eigenvalue weighted by Gasteiger charge is 2.47. The summed E-state index contributed by atoms with van der Waals surface area (Å²) in [6.07, 6.45) is 1.96. The lowest BCUT2D eigenvalue weighted by Crippen LogP contribution is -2.47. The van der Waals surface area contributed by atoms with Crippen LogP contribution in [0, 0.1) is 6.92 Å². The first-order chi connectivity index (χ1) is 16.5. The molecule has 2 atom stereocenters. The number of likely N-dealkylation sites (tertiary alicyclic amines) is 1. The van der Waals surface area contributed by atoms with Crippen LogP contribution in [-0.4, -0.2) is 58.7 Å². The van der Waals surface area contributed by atoms with Crippen molar-refractivity contribution in [2.45, 2.75) is 38.8 Å². The highest BCUT2D eigenvalue weighted by atomic mass is 16.2. The Kier molecular flexibility index (Phi) is 5.86. The maximum atomic E-state index is 14.0. The zero-order valence-electron chi connectivity index (χ0n) is 19.7. The summed E-state index contributed by atoms with van der Waals surface area (Å²) in [5.74, 6) is -0.243. The van der Waals surface area contributed by atoms with Crippen molar-refractivity contribution in [2.24, 2.45) is 0 Å². The minimum Gasteiger partial charge on any atom is -0.341 e. The molecule has 5 rings (SSSR count). The molecule has 4 amide bonds. The van der Waals surface area contributed by atoms with E-state index >= 15 is 0 Å². The maximum Gasteiger partial charge on any atom is 0.322 e. The second kappa shape index (κ2) is 8.97. The molecule has 3 aliphatic heterocycles. The van der Waals surface area contributed by atoms with Crippen LogP contribution in [0.5, 0.6) is 0 Å². The van der Waals surface area contributed by atoms with Crippen LogP contribution in [0.2, 0.25) is 0 Å². The van der Waals surface area contributed by atoms with Crippen LogP contribution in [0.15, 0.2) is 65.9 Å². The molecular weight excluding hydrogens is 428 g/mol.